The molecule has 0 spiro atoms. The smallest absolute Gasteiger partial charge is 0.487 e. The third-order valence-electron chi connectivity index (χ3n) is 27.2. The first kappa shape index (κ1) is 87.5. The monoisotopic (exact) mass is 1670 g/mol. The van der Waals surface area contributed by atoms with Crippen LogP contribution < -0.4 is 38.4 Å². The van der Waals surface area contributed by atoms with Crippen molar-refractivity contribution in [2.75, 3.05) is 0 Å². The molecule has 1 saturated carbocycles. The summed E-state index contributed by atoms with van der Waals surface area (Å²) in [5.74, 6) is 4.65. The summed E-state index contributed by atoms with van der Waals surface area (Å²) in [7, 11) is 0. The molecule has 124 heavy (non-hydrogen) atoms. The van der Waals surface area contributed by atoms with Gasteiger partial charge in [0.2, 0.25) is 0 Å². The molecule has 4 aliphatic heterocycles. The molecule has 0 amide bonds. The molecule has 6 aliphatic rings. The molecule has 12 unspecified atom stereocenters. The molecule has 8 aromatic carbocycles. The maximum absolute atomic E-state index is 17.7. The van der Waals surface area contributed by atoms with Crippen molar-refractivity contribution in [3.63, 3.8) is 0 Å². The Hall–Kier alpha value is -9.94. The van der Waals surface area contributed by atoms with E-state index < -0.39 is 23.0 Å². The van der Waals surface area contributed by atoms with Crippen LogP contribution in [0.1, 0.15) is 283 Å². The SMILES string of the molecule is CCCCC(CC)Oc1cc2c(cc1OC(CC)CCCC)-c1nc-2nc2[n-]c(nc3nc(nc4[n-]c(n1)c1cc5c(cc41)C1OC5C4C1C1(c5ccccc5)C(=O)C4(c4ccccc4)C(c4ccccc4)=C1c1ccccc1)-c1cc(OC(CC)CCCC)c(OC(CC)CCCC)cc1-3)c1cc(OC(CC)CCCC)c(OC(CC)CCCC)cc21.[Mg+2]. The zero-order valence-electron chi connectivity index (χ0n) is 75.0. The predicted molar refractivity (Wildman–Crippen MR) is 500 cm³/mol. The Kier molecular flexibility index (Phi) is 27.2. The molecule has 16 nitrogen and oxygen atoms in total. The van der Waals surface area contributed by atoms with Crippen LogP contribution in [0.15, 0.2) is 170 Å². The first-order valence-corrected chi connectivity index (χ1v) is 46.9. The van der Waals surface area contributed by atoms with Crippen LogP contribution in [0.4, 0.5) is 0 Å². The van der Waals surface area contributed by atoms with Gasteiger partial charge in [-0.2, -0.15) is 0 Å². The summed E-state index contributed by atoms with van der Waals surface area (Å²) in [6.45, 7) is 26.5. The summed E-state index contributed by atoms with van der Waals surface area (Å²) < 4.78 is 51.5. The van der Waals surface area contributed by atoms with E-state index in [0.717, 1.165) is 209 Å². The average molecular weight is 1670 g/mol. The van der Waals surface area contributed by atoms with Gasteiger partial charge in [-0.3, -0.25) is 4.79 Å². The summed E-state index contributed by atoms with van der Waals surface area (Å²) in [6, 6.07) is 59.4. The second-order valence-corrected chi connectivity index (χ2v) is 35.0. The summed E-state index contributed by atoms with van der Waals surface area (Å²) in [5, 5.41) is 2.87. The van der Waals surface area contributed by atoms with Gasteiger partial charge in [-0.15, -0.1) is 0 Å². The number of hydrogen-bond acceptors (Lipinski definition) is 14. The van der Waals surface area contributed by atoms with Crippen molar-refractivity contribution in [1.82, 2.24) is 39.9 Å². The molecule has 640 valence electrons. The molecule has 7 heterocycles. The van der Waals surface area contributed by atoms with Gasteiger partial charge in [0, 0.05) is 56.7 Å². The standard InChI is InChI=1S/C107H122N8O8.Mg/c1-13-25-51-69(19-7)117-85-59-79-81(61-87(85)119-71(21-9)53-27-15-3)101-111-99(79)109-97-77-57-75-76(96-94-93(95(75)123-96)106(67-47-39-33-40-48-67)91(65-43-35-31-36-44-65)92(66-45-37-32-38-46-66)107(94,105(106)116)68-49-41-34-42-50-68)58-78(77)98(108-97)110-100-80-60-86(118-70(20-8)52-26-14-2)88(120-72(22-10)54-28-16-4)62-82(80)102(112-100)114-104-84-64-90(122-74(24-12)56-30-18-6)89(63-83(84)103(113-101)115-104)121-73(23-11)55-29-17-5;/h31-50,57-64,69-74,93-96H,13-30,51-56H2,1-12H3;/q-2;+2. The third-order valence-corrected chi connectivity index (χ3v) is 27.2. The average Bonchev–Trinajstić information content (AvgIpc) is 1.45. The van der Waals surface area contributed by atoms with Crippen LogP contribution in [0.25, 0.3) is 101 Å². The Bertz CT molecular complexity index is 5490. The van der Waals surface area contributed by atoms with Gasteiger partial charge in [0.05, 0.1) is 83.0 Å². The molecule has 11 aromatic rings. The number of carbonyl (C=O) groups is 1. The maximum Gasteiger partial charge on any atom is 2.00 e. The minimum Gasteiger partial charge on any atom is -0.487 e. The zero-order valence-corrected chi connectivity index (χ0v) is 76.4. The van der Waals surface area contributed by atoms with Crippen LogP contribution in [0.3, 0.4) is 0 Å². The molecule has 2 aliphatic carbocycles. The molecule has 1 saturated heterocycles. The second-order valence-electron chi connectivity index (χ2n) is 35.0. The number of aromatic nitrogens is 8. The molecular formula is C107H122MgN8O8. The fourth-order valence-corrected chi connectivity index (χ4v) is 20.6. The van der Waals surface area contributed by atoms with Gasteiger partial charge in [-0.05, 0) is 192 Å². The Labute approximate surface area is 748 Å². The number of rotatable bonds is 40. The molecule has 17 heteroatoms. The number of nitrogens with zero attached hydrogens (tertiary/aromatic N) is 8. The first-order chi connectivity index (χ1) is 60.3. The molecule has 2 fully saturated rings. The minimum absolute atomic E-state index is 0. The fraction of sp³-hybridized carbons (Fsp3) is 0.449. The van der Waals surface area contributed by atoms with Crippen LogP contribution in [-0.4, -0.2) is 95.4 Å². The first-order valence-electron chi connectivity index (χ1n) is 46.9. The van der Waals surface area contributed by atoms with E-state index in [-0.39, 0.29) is 77.3 Å². The van der Waals surface area contributed by atoms with Gasteiger partial charge in [0.15, 0.2) is 40.3 Å². The molecule has 17 rings (SSSR count). The van der Waals surface area contributed by atoms with Crippen molar-refractivity contribution < 1.29 is 38.0 Å². The van der Waals surface area contributed by atoms with E-state index in [4.69, 9.17) is 73.0 Å². The summed E-state index contributed by atoms with van der Waals surface area (Å²) >= 11 is 0. The molecular weight excluding hydrogens is 1550 g/mol. The number of ketones is 1. The van der Waals surface area contributed by atoms with E-state index in [1.165, 1.54) is 0 Å². The molecule has 0 N–H and O–H groups in total. The van der Waals surface area contributed by atoms with Gasteiger partial charge < -0.3 is 63.1 Å². The van der Waals surface area contributed by atoms with Crippen LogP contribution in [0.5, 0.6) is 34.5 Å². The number of Topliss-reactive ketones (excluding diaryl/α,β-unsaturated/α-hetero) is 1. The topological polar surface area (TPSA) is 187 Å². The number of hydrogen-bond donors (Lipinski definition) is 0. The van der Waals surface area contributed by atoms with Crippen LogP contribution >= 0.6 is 0 Å². The Morgan fingerprint density at radius 2 is 0.565 bits per heavy atom. The summed E-state index contributed by atoms with van der Waals surface area (Å²) in [4.78, 5) is 63.5. The molecule has 0 radical (unpaired) electrons. The van der Waals surface area contributed by atoms with E-state index in [9.17, 15) is 0 Å². The molecule has 3 aromatic heterocycles. The van der Waals surface area contributed by atoms with Crippen molar-refractivity contribution in [2.45, 2.75) is 297 Å². The van der Waals surface area contributed by atoms with E-state index in [0.29, 0.717) is 113 Å². The number of ether oxygens (including phenoxy) is 7. The maximum atomic E-state index is 17.7. The van der Waals surface area contributed by atoms with Gasteiger partial charge in [0.1, 0.15) is 0 Å². The summed E-state index contributed by atoms with van der Waals surface area (Å²) in [6.07, 6.45) is 20.7. The van der Waals surface area contributed by atoms with Gasteiger partial charge >= 0.3 is 23.1 Å². The van der Waals surface area contributed by atoms with Crippen LogP contribution in [0, 0.1) is 11.8 Å². The van der Waals surface area contributed by atoms with E-state index >= 15 is 4.79 Å². The van der Waals surface area contributed by atoms with Gasteiger partial charge in [0.25, 0.3) is 0 Å². The molecule has 12 bridgehead atoms. The second kappa shape index (κ2) is 38.5. The normalized spacial score (nSPS) is 19.7. The van der Waals surface area contributed by atoms with Gasteiger partial charge in [-0.25, -0.2) is 9.97 Å². The number of benzene rings is 8. The van der Waals surface area contributed by atoms with E-state index in [1.807, 2.05) is 0 Å². The van der Waals surface area contributed by atoms with Crippen LogP contribution in [-0.2, 0) is 20.4 Å². The van der Waals surface area contributed by atoms with E-state index in [1.54, 1.807) is 0 Å². The van der Waals surface area contributed by atoms with Crippen molar-refractivity contribution >= 4 is 84.1 Å². The summed E-state index contributed by atoms with van der Waals surface area (Å²) in [5.41, 5.74) is 9.85. The number of unbranched alkanes of at least 4 members (excludes halogenated alkanes) is 6. The van der Waals surface area contributed by atoms with Crippen LogP contribution in [0.2, 0.25) is 0 Å². The van der Waals surface area contributed by atoms with Crippen molar-refractivity contribution in [1.29, 1.82) is 0 Å². The number of allylic oxidation sites excluding steroid dienone is 2. The zero-order chi connectivity index (χ0) is 85.0. The predicted octanol–water partition coefficient (Wildman–Crippen LogP) is 26.3. The fourth-order valence-electron chi connectivity index (χ4n) is 20.6. The largest absolute Gasteiger partial charge is 2.00 e. The number of fused-ring (bicyclic) bond motifs is 32. The minimum atomic E-state index is -1.18. The Balaban J connectivity index is 0.0000114. The van der Waals surface area contributed by atoms with Crippen molar-refractivity contribution in [2.24, 2.45) is 11.8 Å². The Morgan fingerprint density at radius 1 is 0.323 bits per heavy atom. The van der Waals surface area contributed by atoms with Crippen molar-refractivity contribution in [3.8, 4) is 80.0 Å². The molecule has 12 atom stereocenters. The third kappa shape index (κ3) is 16.0. The Morgan fingerprint density at radius 3 is 0.815 bits per heavy atom. The van der Waals surface area contributed by atoms with Gasteiger partial charge in [-0.1, -0.05) is 281 Å². The van der Waals surface area contributed by atoms with E-state index in [2.05, 4.69) is 253 Å². The quantitative estimate of drug-likeness (QED) is 0.0330. The van der Waals surface area contributed by atoms with Crippen molar-refractivity contribution in [3.05, 3.63) is 203 Å². The number of carbonyl (C=O) groups excluding carboxylic acids is 1.